The van der Waals surface area contributed by atoms with Gasteiger partial charge in [-0.1, -0.05) is 77.1 Å². The summed E-state index contributed by atoms with van der Waals surface area (Å²) in [5, 5.41) is 3.15. The summed E-state index contributed by atoms with van der Waals surface area (Å²) in [7, 11) is 0. The van der Waals surface area contributed by atoms with Gasteiger partial charge >= 0.3 is 0 Å². The Balaban J connectivity index is 1.59. The van der Waals surface area contributed by atoms with Crippen LogP contribution in [0.4, 0.5) is 11.4 Å². The zero-order valence-electron chi connectivity index (χ0n) is 20.4. The molecule has 34 heavy (non-hydrogen) atoms. The number of carbonyl (C=O) groups is 2. The lowest BCUT2D eigenvalue weighted by atomic mass is 10.00. The number of amidine groups is 2. The van der Waals surface area contributed by atoms with Crippen LogP contribution in [-0.4, -0.2) is 39.0 Å². The maximum Gasteiger partial charge on any atom is 0.259 e. The fraction of sp³-hybridized carbons (Fsp3) is 0.407. The van der Waals surface area contributed by atoms with Crippen LogP contribution in [0.25, 0.3) is 0 Å². The van der Waals surface area contributed by atoms with E-state index in [1.807, 2.05) is 62.4 Å². The highest BCUT2D eigenvalue weighted by molar-refractivity contribution is 8.15. The van der Waals surface area contributed by atoms with Crippen LogP contribution in [0.3, 0.4) is 0 Å². The van der Waals surface area contributed by atoms with Crippen LogP contribution in [0.1, 0.15) is 64.5 Å². The van der Waals surface area contributed by atoms with Gasteiger partial charge in [-0.3, -0.25) is 14.6 Å². The molecule has 0 radical (unpaired) electrons. The van der Waals surface area contributed by atoms with Crippen molar-refractivity contribution in [3.63, 3.8) is 0 Å². The summed E-state index contributed by atoms with van der Waals surface area (Å²) >= 11 is 1.33. The van der Waals surface area contributed by atoms with Crippen molar-refractivity contribution in [2.24, 2.45) is 15.9 Å². The first-order chi connectivity index (χ1) is 16.3. The first-order valence-electron chi connectivity index (χ1n) is 12.0. The van der Waals surface area contributed by atoms with Crippen molar-refractivity contribution in [3.05, 3.63) is 59.7 Å². The number of para-hydroxylation sites is 1. The van der Waals surface area contributed by atoms with Crippen molar-refractivity contribution in [2.75, 3.05) is 5.32 Å². The zero-order chi connectivity index (χ0) is 24.4. The van der Waals surface area contributed by atoms with Crippen molar-refractivity contribution in [2.45, 2.75) is 64.7 Å². The van der Waals surface area contributed by atoms with Crippen molar-refractivity contribution in [3.8, 4) is 0 Å². The lowest BCUT2D eigenvalue weighted by Crippen LogP contribution is -2.43. The zero-order valence-corrected chi connectivity index (χ0v) is 21.2. The molecule has 2 heterocycles. The highest BCUT2D eigenvalue weighted by Gasteiger charge is 2.43. The lowest BCUT2D eigenvalue weighted by molar-refractivity contribution is -0.125. The van der Waals surface area contributed by atoms with Crippen molar-refractivity contribution >= 4 is 46.0 Å². The Labute approximate surface area is 205 Å². The number of aliphatic imine (C=N–C) groups is 2. The quantitative estimate of drug-likeness (QED) is 0.535. The van der Waals surface area contributed by atoms with Gasteiger partial charge in [-0.25, -0.2) is 9.89 Å². The van der Waals surface area contributed by atoms with Gasteiger partial charge in [-0.2, -0.15) is 0 Å². The lowest BCUT2D eigenvalue weighted by Gasteiger charge is -2.27. The largest absolute Gasteiger partial charge is 0.325 e. The van der Waals surface area contributed by atoms with E-state index in [0.29, 0.717) is 23.3 Å². The Morgan fingerprint density at radius 3 is 2.41 bits per heavy atom. The summed E-state index contributed by atoms with van der Waals surface area (Å²) in [5.74, 6) is 1.04. The number of nitrogens with one attached hydrogen (secondary N) is 1. The van der Waals surface area contributed by atoms with Crippen molar-refractivity contribution in [1.82, 2.24) is 4.90 Å². The molecule has 2 aromatic carbocycles. The molecule has 2 aliphatic rings. The number of thioether (sulfide) groups is 1. The van der Waals surface area contributed by atoms with Crippen LogP contribution in [0, 0.1) is 5.92 Å². The summed E-state index contributed by atoms with van der Waals surface area (Å²) in [4.78, 5) is 37.8. The number of anilines is 1. The molecule has 2 aliphatic heterocycles. The van der Waals surface area contributed by atoms with Gasteiger partial charge in [0.25, 0.3) is 5.91 Å². The summed E-state index contributed by atoms with van der Waals surface area (Å²) < 4.78 is 0. The Bertz CT molecular complexity index is 1140. The molecular formula is C27H32N4O2S. The van der Waals surface area contributed by atoms with Gasteiger partial charge in [0, 0.05) is 11.3 Å². The number of amides is 2. The smallest absolute Gasteiger partial charge is 0.259 e. The third kappa shape index (κ3) is 4.67. The van der Waals surface area contributed by atoms with Gasteiger partial charge in [0.1, 0.15) is 11.9 Å². The van der Waals surface area contributed by atoms with E-state index < -0.39 is 11.3 Å². The van der Waals surface area contributed by atoms with Gasteiger partial charge in [0.2, 0.25) is 5.91 Å². The minimum Gasteiger partial charge on any atom is -0.325 e. The number of hydrogen-bond donors (Lipinski definition) is 1. The number of carbonyl (C=O) groups excluding carboxylic acids is 2. The average molecular weight is 477 g/mol. The molecule has 6 nitrogen and oxygen atoms in total. The molecule has 4 rings (SSSR count). The van der Waals surface area contributed by atoms with Gasteiger partial charge < -0.3 is 5.32 Å². The van der Waals surface area contributed by atoms with Crippen LogP contribution >= 0.6 is 11.8 Å². The molecule has 0 aliphatic carbocycles. The number of nitrogens with zero attached hydrogens (tertiary/aromatic N) is 3. The Morgan fingerprint density at radius 2 is 1.76 bits per heavy atom. The standard InChI is InChI=1S/C27H32N4O2S/c1-6-17(5)23-26(33)31-24(30-23)20-10-8-9-11-21(20)29-27(31)34-22(7-2)25(32)28-19-14-12-18(13-15-19)16(3)4/h8-17,22-23H,6-7H2,1-5H3,(H,28,32)/t17-,22-,23+/m0/s1. The molecule has 0 fully saturated rings. The minimum atomic E-state index is -0.426. The molecule has 0 saturated heterocycles. The van der Waals surface area contributed by atoms with E-state index in [1.54, 1.807) is 4.90 Å². The topological polar surface area (TPSA) is 74.1 Å². The number of benzene rings is 2. The Kier molecular flexibility index (Phi) is 7.22. The van der Waals surface area contributed by atoms with Gasteiger partial charge in [0.15, 0.2) is 5.17 Å². The summed E-state index contributed by atoms with van der Waals surface area (Å²) in [5.41, 5.74) is 3.62. The monoisotopic (exact) mass is 476 g/mol. The van der Waals surface area contributed by atoms with E-state index in [4.69, 9.17) is 9.98 Å². The second-order valence-electron chi connectivity index (χ2n) is 9.15. The van der Waals surface area contributed by atoms with E-state index in [9.17, 15) is 9.59 Å². The van der Waals surface area contributed by atoms with Crippen LogP contribution in [0.5, 0.6) is 0 Å². The van der Waals surface area contributed by atoms with Crippen LogP contribution in [-0.2, 0) is 9.59 Å². The Hall–Kier alpha value is -2.93. The molecule has 0 saturated carbocycles. The van der Waals surface area contributed by atoms with E-state index >= 15 is 0 Å². The molecule has 7 heteroatoms. The second kappa shape index (κ2) is 10.1. The summed E-state index contributed by atoms with van der Waals surface area (Å²) in [6, 6.07) is 15.3. The molecule has 0 spiro atoms. The fourth-order valence-electron chi connectivity index (χ4n) is 4.07. The fourth-order valence-corrected chi connectivity index (χ4v) is 5.09. The third-order valence-corrected chi connectivity index (χ3v) is 7.75. The Morgan fingerprint density at radius 1 is 1.06 bits per heavy atom. The first kappa shape index (κ1) is 24.2. The van der Waals surface area contributed by atoms with Gasteiger partial charge in [0.05, 0.1) is 10.9 Å². The third-order valence-electron chi connectivity index (χ3n) is 6.44. The average Bonchev–Trinajstić information content (AvgIpc) is 3.19. The molecular weight excluding hydrogens is 444 g/mol. The molecule has 2 aromatic rings. The molecule has 0 aromatic heterocycles. The molecule has 2 amide bonds. The highest BCUT2D eigenvalue weighted by atomic mass is 32.2. The molecule has 0 unspecified atom stereocenters. The summed E-state index contributed by atoms with van der Waals surface area (Å²) in [6.07, 6.45) is 1.46. The van der Waals surface area contributed by atoms with Crippen molar-refractivity contribution < 1.29 is 9.59 Å². The number of hydrogen-bond acceptors (Lipinski definition) is 5. The van der Waals surface area contributed by atoms with E-state index in [1.165, 1.54) is 17.3 Å². The molecule has 3 atom stereocenters. The summed E-state index contributed by atoms with van der Waals surface area (Å²) in [6.45, 7) is 10.4. The van der Waals surface area contributed by atoms with Crippen molar-refractivity contribution in [1.29, 1.82) is 0 Å². The SMILES string of the molecule is CC[C@H](SC1=Nc2ccccc2C2=N[C@H]([C@@H](C)CC)C(=O)N12)C(=O)Nc1ccc(C(C)C)cc1. The second-order valence-corrected chi connectivity index (χ2v) is 10.3. The minimum absolute atomic E-state index is 0.0651. The van der Waals surface area contributed by atoms with Gasteiger partial charge in [-0.15, -0.1) is 0 Å². The normalized spacial score (nSPS) is 18.7. The van der Waals surface area contributed by atoms with E-state index in [-0.39, 0.29) is 17.7 Å². The maximum absolute atomic E-state index is 13.4. The molecule has 178 valence electrons. The molecule has 0 bridgehead atoms. The predicted octanol–water partition coefficient (Wildman–Crippen LogP) is 5.97. The molecule has 1 N–H and O–H groups in total. The predicted molar refractivity (Wildman–Crippen MR) is 141 cm³/mol. The van der Waals surface area contributed by atoms with Crippen LogP contribution in [0.15, 0.2) is 58.5 Å². The maximum atomic E-state index is 13.4. The van der Waals surface area contributed by atoms with Crippen LogP contribution < -0.4 is 5.32 Å². The number of rotatable bonds is 7. The van der Waals surface area contributed by atoms with E-state index in [0.717, 1.165) is 23.4 Å². The number of fused-ring (bicyclic) bond motifs is 3. The highest BCUT2D eigenvalue weighted by Crippen LogP contribution is 2.36. The van der Waals surface area contributed by atoms with Crippen LogP contribution in [0.2, 0.25) is 0 Å². The van der Waals surface area contributed by atoms with E-state index in [2.05, 4.69) is 26.1 Å². The first-order valence-corrected chi connectivity index (χ1v) is 12.9. The van der Waals surface area contributed by atoms with Gasteiger partial charge in [-0.05, 0) is 48.1 Å².